The first-order chi connectivity index (χ1) is 6.78. The molecule has 0 aliphatic carbocycles. The third-order valence-electron chi connectivity index (χ3n) is 2.33. The molecule has 0 radical (unpaired) electrons. The normalized spacial score (nSPS) is 18.4. The highest BCUT2D eigenvalue weighted by Crippen LogP contribution is 2.10. The lowest BCUT2D eigenvalue weighted by Gasteiger charge is -2.35. The largest absolute Gasteiger partial charge is 0.338 e. The van der Waals surface area contributed by atoms with Crippen LogP contribution in [0.5, 0.6) is 0 Å². The summed E-state index contributed by atoms with van der Waals surface area (Å²) in [5.41, 5.74) is 5.67. The Labute approximate surface area is 83.3 Å². The molecule has 0 spiro atoms. The van der Waals surface area contributed by atoms with Crippen molar-refractivity contribution in [3.05, 3.63) is 11.7 Å². The van der Waals surface area contributed by atoms with Crippen molar-refractivity contribution in [3.63, 3.8) is 0 Å². The maximum atomic E-state index is 5.67. The zero-order valence-corrected chi connectivity index (χ0v) is 8.44. The highest BCUT2D eigenvalue weighted by atomic mass is 16.5. The van der Waals surface area contributed by atoms with Gasteiger partial charge in [-0.1, -0.05) is 12.1 Å². The topological polar surface area (TPSA) is 68.2 Å². The van der Waals surface area contributed by atoms with Crippen LogP contribution in [-0.4, -0.2) is 34.2 Å². The van der Waals surface area contributed by atoms with Gasteiger partial charge < -0.3 is 10.3 Å². The van der Waals surface area contributed by atoms with Gasteiger partial charge in [-0.2, -0.15) is 4.98 Å². The van der Waals surface area contributed by atoms with Crippen LogP contribution in [0.1, 0.15) is 25.1 Å². The van der Waals surface area contributed by atoms with Crippen LogP contribution in [-0.2, 0) is 13.0 Å². The average molecular weight is 196 g/mol. The Kier molecular flexibility index (Phi) is 2.79. The minimum atomic E-state index is 0.327. The summed E-state index contributed by atoms with van der Waals surface area (Å²) in [6.07, 6.45) is 1.94. The molecule has 1 aromatic heterocycles. The molecule has 2 N–H and O–H groups in total. The molecule has 5 nitrogen and oxygen atoms in total. The Balaban J connectivity index is 1.84. The minimum Gasteiger partial charge on any atom is -0.338 e. The van der Waals surface area contributed by atoms with E-state index in [2.05, 4.69) is 22.0 Å². The van der Waals surface area contributed by atoms with Gasteiger partial charge in [-0.3, -0.25) is 4.90 Å². The van der Waals surface area contributed by atoms with Crippen LogP contribution in [0.15, 0.2) is 4.52 Å². The molecule has 1 aliphatic rings. The molecule has 1 aromatic rings. The lowest BCUT2D eigenvalue weighted by atomic mass is 10.1. The minimum absolute atomic E-state index is 0.327. The fourth-order valence-electron chi connectivity index (χ4n) is 1.61. The third kappa shape index (κ3) is 2.10. The number of hydrogen-bond acceptors (Lipinski definition) is 5. The van der Waals surface area contributed by atoms with E-state index in [1.165, 1.54) is 0 Å². The fourth-order valence-corrected chi connectivity index (χ4v) is 1.61. The smallest absolute Gasteiger partial charge is 0.240 e. The Morgan fingerprint density at radius 1 is 1.57 bits per heavy atom. The van der Waals surface area contributed by atoms with Crippen molar-refractivity contribution in [1.29, 1.82) is 0 Å². The average Bonchev–Trinajstić information content (AvgIpc) is 2.51. The predicted octanol–water partition coefficient (Wildman–Crippen LogP) is 0.165. The molecule has 0 atom stereocenters. The van der Waals surface area contributed by atoms with E-state index < -0.39 is 0 Å². The van der Waals surface area contributed by atoms with Gasteiger partial charge >= 0.3 is 0 Å². The summed E-state index contributed by atoms with van der Waals surface area (Å²) in [5.74, 6) is 1.52. The molecule has 2 heterocycles. The van der Waals surface area contributed by atoms with Crippen molar-refractivity contribution in [2.45, 2.75) is 32.4 Å². The van der Waals surface area contributed by atoms with E-state index >= 15 is 0 Å². The second-order valence-electron chi connectivity index (χ2n) is 3.81. The van der Waals surface area contributed by atoms with Gasteiger partial charge in [0.2, 0.25) is 5.89 Å². The van der Waals surface area contributed by atoms with Gasteiger partial charge in [0.15, 0.2) is 5.82 Å². The number of aryl methyl sites for hydroxylation is 1. The monoisotopic (exact) mass is 196 g/mol. The second-order valence-corrected chi connectivity index (χ2v) is 3.81. The first-order valence-corrected chi connectivity index (χ1v) is 5.07. The summed E-state index contributed by atoms with van der Waals surface area (Å²) in [4.78, 5) is 6.49. The zero-order chi connectivity index (χ0) is 9.97. The molecular weight excluding hydrogens is 180 g/mol. The summed E-state index contributed by atoms with van der Waals surface area (Å²) in [7, 11) is 0. The Hall–Kier alpha value is -0.940. The van der Waals surface area contributed by atoms with Crippen molar-refractivity contribution in [2.75, 3.05) is 13.1 Å². The number of rotatable bonds is 4. The standard InChI is InChI=1S/C9H16N4O/c1-2-3-8-11-9(14-12-8)6-13-4-7(10)5-13/h7H,2-6,10H2,1H3. The van der Waals surface area contributed by atoms with E-state index in [4.69, 9.17) is 10.3 Å². The van der Waals surface area contributed by atoms with Crippen LogP contribution in [0, 0.1) is 0 Å². The summed E-state index contributed by atoms with van der Waals surface area (Å²) >= 11 is 0. The Morgan fingerprint density at radius 3 is 3.00 bits per heavy atom. The molecule has 14 heavy (non-hydrogen) atoms. The van der Waals surface area contributed by atoms with Gasteiger partial charge in [0.05, 0.1) is 6.54 Å². The van der Waals surface area contributed by atoms with Crippen molar-refractivity contribution in [3.8, 4) is 0 Å². The maximum Gasteiger partial charge on any atom is 0.240 e. The van der Waals surface area contributed by atoms with E-state index in [0.29, 0.717) is 11.9 Å². The molecule has 5 heteroatoms. The third-order valence-corrected chi connectivity index (χ3v) is 2.33. The van der Waals surface area contributed by atoms with Gasteiger partial charge in [0, 0.05) is 25.6 Å². The van der Waals surface area contributed by atoms with E-state index in [-0.39, 0.29) is 0 Å². The quantitative estimate of drug-likeness (QED) is 0.743. The summed E-state index contributed by atoms with van der Waals surface area (Å²) in [5, 5.41) is 3.89. The molecule has 78 valence electrons. The lowest BCUT2D eigenvalue weighted by molar-refractivity contribution is 0.125. The van der Waals surface area contributed by atoms with E-state index in [9.17, 15) is 0 Å². The Morgan fingerprint density at radius 2 is 2.36 bits per heavy atom. The van der Waals surface area contributed by atoms with Gasteiger partial charge in [-0.15, -0.1) is 0 Å². The number of aromatic nitrogens is 2. The first kappa shape index (κ1) is 9.61. The van der Waals surface area contributed by atoms with Crippen LogP contribution >= 0.6 is 0 Å². The van der Waals surface area contributed by atoms with Crippen LogP contribution in [0.3, 0.4) is 0 Å². The first-order valence-electron chi connectivity index (χ1n) is 5.07. The maximum absolute atomic E-state index is 5.67. The van der Waals surface area contributed by atoms with E-state index in [0.717, 1.165) is 38.3 Å². The SMILES string of the molecule is CCCc1noc(CN2CC(N)C2)n1. The van der Waals surface area contributed by atoms with E-state index in [1.807, 2.05) is 0 Å². The van der Waals surface area contributed by atoms with Crippen molar-refractivity contribution >= 4 is 0 Å². The zero-order valence-electron chi connectivity index (χ0n) is 8.44. The number of nitrogens with two attached hydrogens (primary N) is 1. The van der Waals surface area contributed by atoms with Crippen LogP contribution in [0.4, 0.5) is 0 Å². The van der Waals surface area contributed by atoms with Crippen molar-refractivity contribution in [1.82, 2.24) is 15.0 Å². The van der Waals surface area contributed by atoms with Crippen LogP contribution in [0.2, 0.25) is 0 Å². The summed E-state index contributed by atoms with van der Waals surface area (Å²) in [6, 6.07) is 0.327. The highest BCUT2D eigenvalue weighted by molar-refractivity contribution is 4.90. The fraction of sp³-hybridized carbons (Fsp3) is 0.778. The molecule has 0 aromatic carbocycles. The second kappa shape index (κ2) is 4.06. The van der Waals surface area contributed by atoms with Gasteiger partial charge in [-0.25, -0.2) is 0 Å². The molecule has 1 saturated heterocycles. The van der Waals surface area contributed by atoms with Gasteiger partial charge in [0.1, 0.15) is 0 Å². The summed E-state index contributed by atoms with van der Waals surface area (Å²) < 4.78 is 5.12. The molecule has 0 unspecified atom stereocenters. The molecule has 2 rings (SSSR count). The van der Waals surface area contributed by atoms with Gasteiger partial charge in [-0.05, 0) is 6.42 Å². The predicted molar refractivity (Wildman–Crippen MR) is 51.5 cm³/mol. The molecule has 0 amide bonds. The van der Waals surface area contributed by atoms with Gasteiger partial charge in [0.25, 0.3) is 0 Å². The lowest BCUT2D eigenvalue weighted by Crippen LogP contribution is -2.54. The molecule has 1 aliphatic heterocycles. The molecule has 0 saturated carbocycles. The van der Waals surface area contributed by atoms with E-state index in [1.54, 1.807) is 0 Å². The number of nitrogens with zero attached hydrogens (tertiary/aromatic N) is 3. The van der Waals surface area contributed by atoms with Crippen molar-refractivity contribution in [2.24, 2.45) is 5.73 Å². The van der Waals surface area contributed by atoms with Crippen LogP contribution in [0.25, 0.3) is 0 Å². The molecule has 0 bridgehead atoms. The van der Waals surface area contributed by atoms with Crippen molar-refractivity contribution < 1.29 is 4.52 Å². The number of likely N-dealkylation sites (tertiary alicyclic amines) is 1. The number of hydrogen-bond donors (Lipinski definition) is 1. The molecule has 1 fully saturated rings. The van der Waals surface area contributed by atoms with Crippen LogP contribution < -0.4 is 5.73 Å². The summed E-state index contributed by atoms with van der Waals surface area (Å²) in [6.45, 7) is 4.71. The molecular formula is C9H16N4O. The highest BCUT2D eigenvalue weighted by Gasteiger charge is 2.24. The Bertz CT molecular complexity index is 293.